The Morgan fingerprint density at radius 2 is 1.93 bits per heavy atom. The first-order valence-corrected chi connectivity index (χ1v) is 6.40. The van der Waals surface area contributed by atoms with Gasteiger partial charge in [0.2, 0.25) is 10.0 Å². The highest BCUT2D eigenvalue weighted by Crippen LogP contribution is 2.32. The van der Waals surface area contributed by atoms with Crippen LogP contribution in [0.25, 0.3) is 0 Å². The van der Waals surface area contributed by atoms with Crippen LogP contribution in [-0.2, 0) is 19.6 Å². The van der Waals surface area contributed by atoms with Crippen LogP contribution in [0.5, 0.6) is 0 Å². The number of hydrogen-bond acceptors (Lipinski definition) is 4. The number of carbonyl (C=O) groups excluding carboxylic acids is 1. The van der Waals surface area contributed by atoms with Crippen molar-refractivity contribution in [2.24, 2.45) is 5.92 Å². The summed E-state index contributed by atoms with van der Waals surface area (Å²) < 4.78 is 29.6. The van der Waals surface area contributed by atoms with Crippen LogP contribution in [0.4, 0.5) is 0 Å². The number of ether oxygens (including phenoxy) is 1. The number of hydrogen-bond donors (Lipinski definition) is 0. The standard InChI is InChI=1S/C9H17NO4S/c1-10(2)15(12,13)8-6-4-5-7(8)9(11)14-3/h7-8H,4-6H2,1-3H3. The van der Waals surface area contributed by atoms with E-state index in [4.69, 9.17) is 0 Å². The minimum Gasteiger partial charge on any atom is -0.469 e. The molecule has 1 rings (SSSR count). The molecule has 0 saturated heterocycles. The molecule has 0 N–H and O–H groups in total. The summed E-state index contributed by atoms with van der Waals surface area (Å²) in [4.78, 5) is 11.4. The van der Waals surface area contributed by atoms with Gasteiger partial charge in [0.05, 0.1) is 18.3 Å². The van der Waals surface area contributed by atoms with Gasteiger partial charge in [-0.05, 0) is 12.8 Å². The van der Waals surface area contributed by atoms with Gasteiger partial charge in [0, 0.05) is 14.1 Å². The van der Waals surface area contributed by atoms with E-state index in [0.717, 1.165) is 6.42 Å². The second-order valence-electron chi connectivity index (χ2n) is 3.93. The van der Waals surface area contributed by atoms with Gasteiger partial charge < -0.3 is 4.74 Å². The van der Waals surface area contributed by atoms with Gasteiger partial charge in [0.1, 0.15) is 0 Å². The number of methoxy groups -OCH3 is 1. The zero-order valence-electron chi connectivity index (χ0n) is 9.26. The molecular formula is C9H17NO4S. The number of nitrogens with zero attached hydrogens (tertiary/aromatic N) is 1. The lowest BCUT2D eigenvalue weighted by Crippen LogP contribution is -2.38. The molecule has 5 nitrogen and oxygen atoms in total. The monoisotopic (exact) mass is 235 g/mol. The first-order chi connectivity index (χ1) is 6.91. The van der Waals surface area contributed by atoms with E-state index < -0.39 is 27.2 Å². The Labute approximate surface area is 90.4 Å². The van der Waals surface area contributed by atoms with Crippen LogP contribution in [0.1, 0.15) is 19.3 Å². The maximum atomic E-state index is 11.9. The molecule has 0 amide bonds. The van der Waals surface area contributed by atoms with Gasteiger partial charge in [-0.1, -0.05) is 6.42 Å². The van der Waals surface area contributed by atoms with Gasteiger partial charge in [0.15, 0.2) is 0 Å². The van der Waals surface area contributed by atoms with Crippen LogP contribution in [0, 0.1) is 5.92 Å². The molecule has 0 aliphatic heterocycles. The SMILES string of the molecule is COC(=O)C1CCCC1S(=O)(=O)N(C)C. The van der Waals surface area contributed by atoms with Crippen LogP contribution < -0.4 is 0 Å². The molecular weight excluding hydrogens is 218 g/mol. The largest absolute Gasteiger partial charge is 0.469 e. The van der Waals surface area contributed by atoms with Crippen LogP contribution in [0.15, 0.2) is 0 Å². The summed E-state index contributed by atoms with van der Waals surface area (Å²) in [6, 6.07) is 0. The molecule has 2 unspecified atom stereocenters. The van der Waals surface area contributed by atoms with Crippen LogP contribution in [0.2, 0.25) is 0 Å². The third-order valence-electron chi connectivity index (χ3n) is 2.85. The smallest absolute Gasteiger partial charge is 0.310 e. The Morgan fingerprint density at radius 3 is 2.40 bits per heavy atom. The van der Waals surface area contributed by atoms with E-state index in [0.29, 0.717) is 12.8 Å². The van der Waals surface area contributed by atoms with E-state index in [-0.39, 0.29) is 0 Å². The number of rotatable bonds is 3. The molecule has 1 saturated carbocycles. The summed E-state index contributed by atoms with van der Waals surface area (Å²) in [6.45, 7) is 0. The Kier molecular flexibility index (Phi) is 3.72. The lowest BCUT2D eigenvalue weighted by molar-refractivity contribution is -0.145. The summed E-state index contributed by atoms with van der Waals surface area (Å²) >= 11 is 0. The van der Waals surface area contributed by atoms with E-state index in [1.165, 1.54) is 25.5 Å². The maximum Gasteiger partial charge on any atom is 0.310 e. The summed E-state index contributed by atoms with van der Waals surface area (Å²) in [7, 11) is 0.919. The van der Waals surface area contributed by atoms with Gasteiger partial charge >= 0.3 is 5.97 Å². The summed E-state index contributed by atoms with van der Waals surface area (Å²) in [5.41, 5.74) is 0. The first kappa shape index (κ1) is 12.4. The summed E-state index contributed by atoms with van der Waals surface area (Å²) in [5.74, 6) is -0.912. The molecule has 0 aromatic rings. The topological polar surface area (TPSA) is 63.7 Å². The third-order valence-corrected chi connectivity index (χ3v) is 5.20. The Hall–Kier alpha value is -0.620. The highest BCUT2D eigenvalue weighted by molar-refractivity contribution is 7.89. The van der Waals surface area contributed by atoms with Crippen molar-refractivity contribution in [3.05, 3.63) is 0 Å². The van der Waals surface area contributed by atoms with Crippen molar-refractivity contribution in [3.63, 3.8) is 0 Å². The highest BCUT2D eigenvalue weighted by Gasteiger charge is 2.43. The van der Waals surface area contributed by atoms with Crippen molar-refractivity contribution in [2.45, 2.75) is 24.5 Å². The zero-order valence-corrected chi connectivity index (χ0v) is 10.1. The van der Waals surface area contributed by atoms with Crippen LogP contribution in [0.3, 0.4) is 0 Å². The van der Waals surface area contributed by atoms with Gasteiger partial charge in [-0.15, -0.1) is 0 Å². The number of esters is 1. The van der Waals surface area contributed by atoms with Crippen LogP contribution in [-0.4, -0.2) is 45.1 Å². The Bertz CT molecular complexity index is 336. The second kappa shape index (κ2) is 4.49. The van der Waals surface area contributed by atoms with Crippen LogP contribution >= 0.6 is 0 Å². The average Bonchev–Trinajstić information content (AvgIpc) is 2.65. The predicted octanol–water partition coefficient (Wildman–Crippen LogP) is 0.220. The number of sulfonamides is 1. The van der Waals surface area contributed by atoms with E-state index >= 15 is 0 Å². The molecule has 1 aliphatic rings. The molecule has 0 aromatic heterocycles. The average molecular weight is 235 g/mol. The molecule has 0 heterocycles. The predicted molar refractivity (Wildman–Crippen MR) is 55.8 cm³/mol. The van der Waals surface area contributed by atoms with E-state index in [2.05, 4.69) is 4.74 Å². The van der Waals surface area contributed by atoms with Crippen molar-refractivity contribution >= 4 is 16.0 Å². The van der Waals surface area contributed by atoms with Crippen molar-refractivity contribution in [3.8, 4) is 0 Å². The highest BCUT2D eigenvalue weighted by atomic mass is 32.2. The molecule has 2 atom stereocenters. The fraction of sp³-hybridized carbons (Fsp3) is 0.889. The van der Waals surface area contributed by atoms with E-state index in [1.807, 2.05) is 0 Å². The van der Waals surface area contributed by atoms with Gasteiger partial charge in [0.25, 0.3) is 0 Å². The van der Waals surface area contributed by atoms with Crippen molar-refractivity contribution in [1.82, 2.24) is 4.31 Å². The Morgan fingerprint density at radius 1 is 1.33 bits per heavy atom. The molecule has 0 spiro atoms. The molecule has 1 fully saturated rings. The van der Waals surface area contributed by atoms with Gasteiger partial charge in [-0.3, -0.25) is 4.79 Å². The quantitative estimate of drug-likeness (QED) is 0.656. The minimum absolute atomic E-state index is 0.414. The van der Waals surface area contributed by atoms with Crippen molar-refractivity contribution < 1.29 is 17.9 Å². The minimum atomic E-state index is -3.35. The van der Waals surface area contributed by atoms with Crippen molar-refractivity contribution in [1.29, 1.82) is 0 Å². The normalized spacial score (nSPS) is 26.9. The molecule has 1 aliphatic carbocycles. The fourth-order valence-corrected chi connectivity index (χ4v) is 3.64. The molecule has 6 heteroatoms. The fourth-order valence-electron chi connectivity index (χ4n) is 1.97. The molecule has 0 bridgehead atoms. The molecule has 0 radical (unpaired) electrons. The second-order valence-corrected chi connectivity index (χ2v) is 6.29. The molecule has 88 valence electrons. The lowest BCUT2D eigenvalue weighted by Gasteiger charge is -2.21. The van der Waals surface area contributed by atoms with Gasteiger partial charge in [-0.25, -0.2) is 12.7 Å². The summed E-state index contributed by atoms with van der Waals surface area (Å²) in [5, 5.41) is -0.611. The zero-order chi connectivity index (χ0) is 11.6. The lowest BCUT2D eigenvalue weighted by atomic mass is 10.1. The molecule has 15 heavy (non-hydrogen) atoms. The molecule has 0 aromatic carbocycles. The Balaban J connectivity index is 2.91. The number of carbonyl (C=O) groups is 1. The third kappa shape index (κ3) is 2.31. The maximum absolute atomic E-state index is 11.9. The van der Waals surface area contributed by atoms with Gasteiger partial charge in [-0.2, -0.15) is 0 Å². The van der Waals surface area contributed by atoms with Crippen molar-refractivity contribution in [2.75, 3.05) is 21.2 Å². The first-order valence-electron chi connectivity index (χ1n) is 4.90. The van der Waals surface area contributed by atoms with E-state index in [1.54, 1.807) is 0 Å². The summed E-state index contributed by atoms with van der Waals surface area (Å²) in [6.07, 6.45) is 1.90. The van der Waals surface area contributed by atoms with E-state index in [9.17, 15) is 13.2 Å².